The summed E-state index contributed by atoms with van der Waals surface area (Å²) in [6.07, 6.45) is 0. The maximum absolute atomic E-state index is 13.5. The van der Waals surface area contributed by atoms with E-state index in [1.807, 2.05) is 6.07 Å². The van der Waals surface area contributed by atoms with Gasteiger partial charge < -0.3 is 5.32 Å². The summed E-state index contributed by atoms with van der Waals surface area (Å²) in [5.41, 5.74) is 1.53. The minimum Gasteiger partial charge on any atom is -0.316 e. The van der Waals surface area contributed by atoms with Crippen molar-refractivity contribution in [1.82, 2.24) is 5.32 Å². The van der Waals surface area contributed by atoms with Gasteiger partial charge in [-0.05, 0) is 49.4 Å². The monoisotopic (exact) mass is 308 g/mol. The van der Waals surface area contributed by atoms with E-state index in [0.717, 1.165) is 5.56 Å². The molecule has 6 heteroatoms. The zero-order valence-electron chi connectivity index (χ0n) is 11.9. The van der Waals surface area contributed by atoms with Crippen LogP contribution >= 0.6 is 0 Å². The van der Waals surface area contributed by atoms with E-state index < -0.39 is 15.8 Å². The lowest BCUT2D eigenvalue weighted by Crippen LogP contribution is -2.14. The molecule has 0 aliphatic rings. The second-order valence-electron chi connectivity index (χ2n) is 4.75. The number of hydrogen-bond donors (Lipinski definition) is 2. The van der Waals surface area contributed by atoms with E-state index in [9.17, 15) is 12.8 Å². The van der Waals surface area contributed by atoms with Gasteiger partial charge in [-0.1, -0.05) is 18.2 Å². The van der Waals surface area contributed by atoms with Crippen LogP contribution in [-0.2, 0) is 16.6 Å². The lowest BCUT2D eigenvalue weighted by Gasteiger charge is -2.10. The van der Waals surface area contributed by atoms with E-state index in [1.54, 1.807) is 26.1 Å². The van der Waals surface area contributed by atoms with Crippen molar-refractivity contribution in [3.63, 3.8) is 0 Å². The van der Waals surface area contributed by atoms with Crippen molar-refractivity contribution in [2.45, 2.75) is 18.4 Å². The van der Waals surface area contributed by atoms with Crippen molar-refractivity contribution >= 4 is 15.7 Å². The average molecular weight is 308 g/mol. The molecule has 0 amide bonds. The van der Waals surface area contributed by atoms with Gasteiger partial charge in [0.1, 0.15) is 5.82 Å². The fourth-order valence-corrected chi connectivity index (χ4v) is 3.02. The van der Waals surface area contributed by atoms with Crippen LogP contribution in [0.15, 0.2) is 47.4 Å². The first kappa shape index (κ1) is 15.5. The third-order valence-corrected chi connectivity index (χ3v) is 4.39. The zero-order valence-corrected chi connectivity index (χ0v) is 12.7. The molecule has 0 unspecified atom stereocenters. The molecule has 4 nitrogen and oxygen atoms in total. The molecular weight excluding hydrogens is 291 g/mol. The highest BCUT2D eigenvalue weighted by molar-refractivity contribution is 7.92. The summed E-state index contributed by atoms with van der Waals surface area (Å²) in [4.78, 5) is 0.149. The molecule has 2 aromatic rings. The van der Waals surface area contributed by atoms with Gasteiger partial charge in [-0.2, -0.15) is 0 Å². The van der Waals surface area contributed by atoms with Gasteiger partial charge in [0.25, 0.3) is 10.0 Å². The molecule has 2 N–H and O–H groups in total. The number of anilines is 1. The number of sulfonamides is 1. The second-order valence-corrected chi connectivity index (χ2v) is 6.43. The third-order valence-electron chi connectivity index (χ3n) is 3.01. The Bertz CT molecular complexity index is 745. The van der Waals surface area contributed by atoms with E-state index >= 15 is 0 Å². The highest BCUT2D eigenvalue weighted by Crippen LogP contribution is 2.19. The number of nitrogens with one attached hydrogen (secondary N) is 2. The predicted octanol–water partition coefficient (Wildman–Crippen LogP) is 2.65. The van der Waals surface area contributed by atoms with Gasteiger partial charge in [0.2, 0.25) is 0 Å². The highest BCUT2D eigenvalue weighted by atomic mass is 32.2. The Morgan fingerprint density at radius 1 is 1.14 bits per heavy atom. The molecule has 0 aliphatic heterocycles. The summed E-state index contributed by atoms with van der Waals surface area (Å²) in [6, 6.07) is 10.8. The maximum atomic E-state index is 13.5. The Morgan fingerprint density at radius 2 is 1.90 bits per heavy atom. The van der Waals surface area contributed by atoms with Crippen molar-refractivity contribution in [2.75, 3.05) is 11.8 Å². The van der Waals surface area contributed by atoms with Crippen molar-refractivity contribution in [3.8, 4) is 0 Å². The fraction of sp³-hybridized carbons (Fsp3) is 0.200. The SMILES string of the molecule is CNCc1cccc(S(=O)(=O)Nc2ccc(C)c(F)c2)c1. The van der Waals surface area contributed by atoms with Crippen molar-refractivity contribution < 1.29 is 12.8 Å². The van der Waals surface area contributed by atoms with Gasteiger partial charge in [-0.3, -0.25) is 4.72 Å². The summed E-state index contributed by atoms with van der Waals surface area (Å²) >= 11 is 0. The van der Waals surface area contributed by atoms with E-state index in [4.69, 9.17) is 0 Å². The van der Waals surface area contributed by atoms with Gasteiger partial charge in [0.15, 0.2) is 0 Å². The first-order valence-electron chi connectivity index (χ1n) is 6.45. The molecule has 0 saturated carbocycles. The van der Waals surface area contributed by atoms with Crippen LogP contribution in [0.4, 0.5) is 10.1 Å². The molecule has 0 aliphatic carbocycles. The number of rotatable bonds is 5. The first-order chi connectivity index (χ1) is 9.92. The molecule has 0 heterocycles. The molecule has 0 radical (unpaired) electrons. The van der Waals surface area contributed by atoms with Crippen molar-refractivity contribution in [3.05, 3.63) is 59.4 Å². The summed E-state index contributed by atoms with van der Waals surface area (Å²) < 4.78 is 40.5. The standard InChI is InChI=1S/C15H17FN2O2S/c1-11-6-7-13(9-15(11)16)18-21(19,20)14-5-3-4-12(8-14)10-17-2/h3-9,17-18H,10H2,1-2H3. The summed E-state index contributed by atoms with van der Waals surface area (Å²) in [6.45, 7) is 2.19. The van der Waals surface area contributed by atoms with Gasteiger partial charge in [-0.25, -0.2) is 12.8 Å². The number of aryl methyl sites for hydroxylation is 1. The third kappa shape index (κ3) is 3.80. The van der Waals surface area contributed by atoms with Gasteiger partial charge >= 0.3 is 0 Å². The smallest absolute Gasteiger partial charge is 0.261 e. The average Bonchev–Trinajstić information content (AvgIpc) is 2.43. The second kappa shape index (κ2) is 6.24. The molecule has 0 atom stereocenters. The number of hydrogen-bond acceptors (Lipinski definition) is 3. The number of halogens is 1. The Balaban J connectivity index is 2.29. The van der Waals surface area contributed by atoms with Crippen LogP contribution in [0, 0.1) is 12.7 Å². The molecule has 21 heavy (non-hydrogen) atoms. The highest BCUT2D eigenvalue weighted by Gasteiger charge is 2.15. The Labute approximate surface area is 124 Å². The quantitative estimate of drug-likeness (QED) is 0.893. The van der Waals surface area contributed by atoms with Crippen molar-refractivity contribution in [2.24, 2.45) is 0 Å². The lowest BCUT2D eigenvalue weighted by atomic mass is 10.2. The minimum absolute atomic E-state index is 0.149. The molecule has 0 aromatic heterocycles. The first-order valence-corrected chi connectivity index (χ1v) is 7.93. The maximum Gasteiger partial charge on any atom is 0.261 e. The van der Waals surface area contributed by atoms with Crippen LogP contribution in [0.2, 0.25) is 0 Å². The van der Waals surface area contributed by atoms with E-state index in [1.165, 1.54) is 24.3 Å². The van der Waals surface area contributed by atoms with Crippen LogP contribution in [-0.4, -0.2) is 15.5 Å². The normalized spacial score (nSPS) is 11.4. The van der Waals surface area contributed by atoms with Gasteiger partial charge in [-0.15, -0.1) is 0 Å². The minimum atomic E-state index is -3.73. The Morgan fingerprint density at radius 3 is 2.57 bits per heavy atom. The molecule has 0 saturated heterocycles. The van der Waals surface area contributed by atoms with Gasteiger partial charge in [0, 0.05) is 6.54 Å². The molecule has 0 spiro atoms. The van der Waals surface area contributed by atoms with E-state index in [0.29, 0.717) is 12.1 Å². The van der Waals surface area contributed by atoms with Crippen LogP contribution in [0.5, 0.6) is 0 Å². The Hall–Kier alpha value is -1.92. The zero-order chi connectivity index (χ0) is 15.5. The predicted molar refractivity (Wildman–Crippen MR) is 81.2 cm³/mol. The molecular formula is C15H17FN2O2S. The largest absolute Gasteiger partial charge is 0.316 e. The lowest BCUT2D eigenvalue weighted by molar-refractivity contribution is 0.600. The van der Waals surface area contributed by atoms with Crippen LogP contribution in [0.1, 0.15) is 11.1 Å². The van der Waals surface area contributed by atoms with Gasteiger partial charge in [0.05, 0.1) is 10.6 Å². The van der Waals surface area contributed by atoms with E-state index in [2.05, 4.69) is 10.0 Å². The van der Waals surface area contributed by atoms with Crippen LogP contribution < -0.4 is 10.0 Å². The molecule has 0 bridgehead atoms. The summed E-state index contributed by atoms with van der Waals surface area (Å²) in [5.74, 6) is -0.445. The Kier molecular flexibility index (Phi) is 4.59. The van der Waals surface area contributed by atoms with Crippen LogP contribution in [0.25, 0.3) is 0 Å². The molecule has 2 rings (SSSR count). The number of benzene rings is 2. The van der Waals surface area contributed by atoms with Crippen molar-refractivity contribution in [1.29, 1.82) is 0 Å². The summed E-state index contributed by atoms with van der Waals surface area (Å²) in [5, 5.41) is 2.96. The molecule has 112 valence electrons. The summed E-state index contributed by atoms with van der Waals surface area (Å²) in [7, 11) is -1.94. The van der Waals surface area contributed by atoms with E-state index in [-0.39, 0.29) is 10.6 Å². The van der Waals surface area contributed by atoms with Crippen LogP contribution in [0.3, 0.4) is 0 Å². The fourth-order valence-electron chi connectivity index (χ4n) is 1.90. The molecule has 0 fully saturated rings. The topological polar surface area (TPSA) is 58.2 Å². The molecule has 2 aromatic carbocycles.